The molecule has 0 saturated heterocycles. The Balaban J connectivity index is 1.47. The van der Waals surface area contributed by atoms with E-state index in [1.54, 1.807) is 36.4 Å². The molecule has 2 aliphatic rings. The van der Waals surface area contributed by atoms with Crippen molar-refractivity contribution in [3.05, 3.63) is 83.4 Å². The molecule has 5 rings (SSSR count). The zero-order valence-electron chi connectivity index (χ0n) is 22.2. The Labute approximate surface area is 224 Å². The van der Waals surface area contributed by atoms with Crippen LogP contribution in [0.25, 0.3) is 0 Å². The van der Waals surface area contributed by atoms with Gasteiger partial charge in [0.15, 0.2) is 6.10 Å². The molecule has 38 heavy (non-hydrogen) atoms. The van der Waals surface area contributed by atoms with Gasteiger partial charge in [-0.25, -0.2) is 8.42 Å². The number of anilines is 1. The van der Waals surface area contributed by atoms with Gasteiger partial charge in [-0.15, -0.1) is 0 Å². The van der Waals surface area contributed by atoms with E-state index in [4.69, 9.17) is 9.47 Å². The zero-order chi connectivity index (χ0) is 27.1. The van der Waals surface area contributed by atoms with E-state index in [-0.39, 0.29) is 29.0 Å². The number of hydrogen-bond acceptors (Lipinski definition) is 5. The smallest absolute Gasteiger partial charge is 0.264 e. The minimum atomic E-state index is -3.93. The van der Waals surface area contributed by atoms with E-state index in [1.165, 1.54) is 4.31 Å². The number of carbonyl (C=O) groups excluding carboxylic acids is 1. The summed E-state index contributed by atoms with van der Waals surface area (Å²) in [5.74, 6) is 0.779. The molecule has 0 saturated carbocycles. The van der Waals surface area contributed by atoms with Crippen LogP contribution < -0.4 is 19.1 Å². The second kappa shape index (κ2) is 9.98. The van der Waals surface area contributed by atoms with E-state index in [1.807, 2.05) is 44.2 Å². The van der Waals surface area contributed by atoms with E-state index < -0.39 is 16.1 Å². The second-order valence-electron chi connectivity index (χ2n) is 10.2. The SMILES string of the molecule is CCC1(CC)CC(NC(=O)C2CN(S(=O)(=O)c3ccc(C)cc3)c3ccc(C)cc3O2)c2ccccc2O1. The summed E-state index contributed by atoms with van der Waals surface area (Å²) in [5.41, 5.74) is 2.82. The van der Waals surface area contributed by atoms with Crippen LogP contribution in [0.5, 0.6) is 11.5 Å². The van der Waals surface area contributed by atoms with Crippen molar-refractivity contribution < 1.29 is 22.7 Å². The van der Waals surface area contributed by atoms with E-state index in [9.17, 15) is 13.2 Å². The first-order valence-electron chi connectivity index (χ1n) is 13.1. The normalized spacial score (nSPS) is 19.9. The van der Waals surface area contributed by atoms with Gasteiger partial charge in [0.25, 0.3) is 15.9 Å². The molecular formula is C30H34N2O5S. The van der Waals surface area contributed by atoms with Gasteiger partial charge in [0, 0.05) is 12.0 Å². The number of fused-ring (bicyclic) bond motifs is 2. The maximum atomic E-state index is 13.8. The first-order chi connectivity index (χ1) is 18.2. The number of rotatable bonds is 6. The Morgan fingerprint density at radius 2 is 1.66 bits per heavy atom. The molecule has 7 nitrogen and oxygen atoms in total. The third kappa shape index (κ3) is 4.73. The van der Waals surface area contributed by atoms with Gasteiger partial charge >= 0.3 is 0 Å². The third-order valence-corrected chi connectivity index (χ3v) is 9.48. The molecule has 2 unspecified atom stereocenters. The molecule has 2 aliphatic heterocycles. The quantitative estimate of drug-likeness (QED) is 0.454. The van der Waals surface area contributed by atoms with Gasteiger partial charge in [-0.1, -0.05) is 55.8 Å². The number of para-hydroxylation sites is 1. The van der Waals surface area contributed by atoms with Crippen LogP contribution >= 0.6 is 0 Å². The minimum absolute atomic E-state index is 0.129. The van der Waals surface area contributed by atoms with Gasteiger partial charge in [0.2, 0.25) is 0 Å². The highest BCUT2D eigenvalue weighted by molar-refractivity contribution is 7.92. The van der Waals surface area contributed by atoms with Crippen molar-refractivity contribution in [1.29, 1.82) is 0 Å². The van der Waals surface area contributed by atoms with E-state index in [2.05, 4.69) is 19.2 Å². The number of aryl methyl sites for hydroxylation is 2. The summed E-state index contributed by atoms with van der Waals surface area (Å²) < 4.78 is 41.3. The molecule has 0 radical (unpaired) electrons. The summed E-state index contributed by atoms with van der Waals surface area (Å²) >= 11 is 0. The zero-order valence-corrected chi connectivity index (χ0v) is 23.0. The number of nitrogens with zero attached hydrogens (tertiary/aromatic N) is 1. The summed E-state index contributed by atoms with van der Waals surface area (Å²) in [6.45, 7) is 7.86. The second-order valence-corrected chi connectivity index (χ2v) is 12.1. The van der Waals surface area contributed by atoms with Crippen LogP contribution in [0, 0.1) is 13.8 Å². The summed E-state index contributed by atoms with van der Waals surface area (Å²) in [6.07, 6.45) is 1.21. The Morgan fingerprint density at radius 1 is 0.974 bits per heavy atom. The molecule has 8 heteroatoms. The Kier molecular flexibility index (Phi) is 6.86. The number of benzene rings is 3. The van der Waals surface area contributed by atoms with Crippen molar-refractivity contribution in [3.63, 3.8) is 0 Å². The van der Waals surface area contributed by atoms with Crippen LogP contribution in [0.2, 0.25) is 0 Å². The summed E-state index contributed by atoms with van der Waals surface area (Å²) in [7, 11) is -3.93. The molecule has 0 aromatic heterocycles. The Morgan fingerprint density at radius 3 is 2.37 bits per heavy atom. The van der Waals surface area contributed by atoms with Crippen LogP contribution in [-0.4, -0.2) is 32.6 Å². The molecule has 2 atom stereocenters. The molecule has 1 amide bonds. The molecule has 3 aromatic carbocycles. The molecule has 0 bridgehead atoms. The monoisotopic (exact) mass is 534 g/mol. The highest BCUT2D eigenvalue weighted by Gasteiger charge is 2.42. The summed E-state index contributed by atoms with van der Waals surface area (Å²) in [4.78, 5) is 13.9. The minimum Gasteiger partial charge on any atom is -0.487 e. The number of sulfonamides is 1. The fourth-order valence-corrected chi connectivity index (χ4v) is 6.73. The molecule has 1 N–H and O–H groups in total. The third-order valence-electron chi connectivity index (χ3n) is 7.69. The largest absolute Gasteiger partial charge is 0.487 e. The van der Waals surface area contributed by atoms with E-state index in [0.29, 0.717) is 17.9 Å². The maximum absolute atomic E-state index is 13.8. The fraction of sp³-hybridized carbons (Fsp3) is 0.367. The Bertz CT molecular complexity index is 1450. The van der Waals surface area contributed by atoms with Gasteiger partial charge in [0.05, 0.1) is 23.2 Å². The van der Waals surface area contributed by atoms with Crippen LogP contribution in [0.3, 0.4) is 0 Å². The van der Waals surface area contributed by atoms with Gasteiger partial charge < -0.3 is 14.8 Å². The van der Waals surface area contributed by atoms with Gasteiger partial charge in [0.1, 0.15) is 17.1 Å². The van der Waals surface area contributed by atoms with Crippen molar-refractivity contribution in [1.82, 2.24) is 5.32 Å². The number of ether oxygens (including phenoxy) is 2. The predicted octanol–water partition coefficient (Wildman–Crippen LogP) is 5.46. The van der Waals surface area contributed by atoms with Gasteiger partial charge in [-0.05, 0) is 62.6 Å². The highest BCUT2D eigenvalue weighted by Crippen LogP contribution is 2.43. The molecule has 0 spiro atoms. The van der Waals surface area contributed by atoms with E-state index >= 15 is 0 Å². The molecule has 200 valence electrons. The average molecular weight is 535 g/mol. The van der Waals surface area contributed by atoms with Crippen molar-refractivity contribution >= 4 is 21.6 Å². The van der Waals surface area contributed by atoms with Crippen LogP contribution in [0.4, 0.5) is 5.69 Å². The summed E-state index contributed by atoms with van der Waals surface area (Å²) in [5, 5.41) is 3.17. The standard InChI is InChI=1S/C30H34N2O5S/c1-5-30(6-2)18-24(23-9-7-8-10-26(23)37-30)31-29(33)28-19-32(25-16-13-21(4)17-27(25)36-28)38(34,35)22-14-11-20(3)12-15-22/h7-17,24,28H,5-6,18-19H2,1-4H3,(H,31,33). The number of hydrogen-bond donors (Lipinski definition) is 1. The lowest BCUT2D eigenvalue weighted by Crippen LogP contribution is -2.52. The molecular weight excluding hydrogens is 500 g/mol. The topological polar surface area (TPSA) is 84.9 Å². The Hall–Kier alpha value is -3.52. The maximum Gasteiger partial charge on any atom is 0.264 e. The van der Waals surface area contributed by atoms with Crippen LogP contribution in [0.1, 0.15) is 55.8 Å². The average Bonchev–Trinajstić information content (AvgIpc) is 2.92. The molecule has 3 aromatic rings. The summed E-state index contributed by atoms with van der Waals surface area (Å²) in [6, 6.07) is 19.5. The lowest BCUT2D eigenvalue weighted by Gasteiger charge is -2.42. The highest BCUT2D eigenvalue weighted by atomic mass is 32.2. The fourth-order valence-electron chi connectivity index (χ4n) is 5.26. The van der Waals surface area contributed by atoms with Crippen LogP contribution in [-0.2, 0) is 14.8 Å². The number of amides is 1. The predicted molar refractivity (Wildman–Crippen MR) is 147 cm³/mol. The lowest BCUT2D eigenvalue weighted by molar-refractivity contribution is -0.129. The van der Waals surface area contributed by atoms with Crippen molar-refractivity contribution in [3.8, 4) is 11.5 Å². The first kappa shape index (κ1) is 26.1. The van der Waals surface area contributed by atoms with Gasteiger partial charge in [-0.3, -0.25) is 9.10 Å². The molecule has 2 heterocycles. The van der Waals surface area contributed by atoms with Crippen molar-refractivity contribution in [2.75, 3.05) is 10.8 Å². The van der Waals surface area contributed by atoms with E-state index in [0.717, 1.165) is 35.3 Å². The number of nitrogens with one attached hydrogen (secondary N) is 1. The number of carbonyl (C=O) groups is 1. The van der Waals surface area contributed by atoms with Crippen molar-refractivity contribution in [2.24, 2.45) is 0 Å². The van der Waals surface area contributed by atoms with Gasteiger partial charge in [-0.2, -0.15) is 0 Å². The van der Waals surface area contributed by atoms with Crippen molar-refractivity contribution in [2.45, 2.75) is 69.6 Å². The molecule has 0 fully saturated rings. The molecule has 0 aliphatic carbocycles. The van der Waals surface area contributed by atoms with Crippen LogP contribution in [0.15, 0.2) is 71.6 Å². The lowest BCUT2D eigenvalue weighted by atomic mass is 9.83. The first-order valence-corrected chi connectivity index (χ1v) is 14.5.